The van der Waals surface area contributed by atoms with Crippen molar-refractivity contribution in [2.75, 3.05) is 6.54 Å². The second kappa shape index (κ2) is 12.4. The quantitative estimate of drug-likeness (QED) is 0.252. The largest absolute Gasteiger partial charge is 0.508 e. The van der Waals surface area contributed by atoms with Gasteiger partial charge in [-0.1, -0.05) is 29.4 Å². The van der Waals surface area contributed by atoms with Gasteiger partial charge in [-0.3, -0.25) is 4.79 Å². The van der Waals surface area contributed by atoms with Gasteiger partial charge in [0.15, 0.2) is 0 Å². The predicted octanol–water partition coefficient (Wildman–Crippen LogP) is 4.24. The molecule has 0 bridgehead atoms. The molecule has 0 aliphatic rings. The van der Waals surface area contributed by atoms with E-state index in [-0.39, 0.29) is 29.4 Å². The molecule has 4 N–H and O–H groups in total. The number of carbonyl (C=O) groups is 2. The smallest absolute Gasteiger partial charge is 0.331 e. The Morgan fingerprint density at radius 3 is 2.28 bits per heavy atom. The maximum absolute atomic E-state index is 11.5. The SMILES string of the molecule is CC(=O)NCC(C)=CCCC(C)=CCCC(=CCc1cc(O)ccc1O)C(=O)O. The van der Waals surface area contributed by atoms with Gasteiger partial charge < -0.3 is 20.6 Å². The van der Waals surface area contributed by atoms with E-state index in [1.54, 1.807) is 6.08 Å². The number of benzene rings is 1. The number of hydrogen-bond acceptors (Lipinski definition) is 4. The molecule has 0 aliphatic carbocycles. The minimum atomic E-state index is -0.979. The third-order valence-corrected chi connectivity index (χ3v) is 4.46. The molecule has 6 nitrogen and oxygen atoms in total. The number of nitrogens with one attached hydrogen (secondary N) is 1. The molecule has 0 saturated heterocycles. The summed E-state index contributed by atoms with van der Waals surface area (Å²) in [6.45, 7) is 6.04. The Labute approximate surface area is 172 Å². The first kappa shape index (κ1) is 24.0. The summed E-state index contributed by atoms with van der Waals surface area (Å²) in [7, 11) is 0. The third-order valence-electron chi connectivity index (χ3n) is 4.46. The Hall–Kier alpha value is -3.02. The van der Waals surface area contributed by atoms with Crippen LogP contribution in [-0.2, 0) is 16.0 Å². The van der Waals surface area contributed by atoms with E-state index in [1.807, 2.05) is 19.9 Å². The summed E-state index contributed by atoms with van der Waals surface area (Å²) in [5, 5.41) is 31.4. The highest BCUT2D eigenvalue weighted by molar-refractivity contribution is 5.86. The Balaban J connectivity index is 2.54. The highest BCUT2D eigenvalue weighted by atomic mass is 16.4. The van der Waals surface area contributed by atoms with Crippen molar-refractivity contribution in [1.82, 2.24) is 5.32 Å². The number of allylic oxidation sites excluding steroid dienone is 4. The molecule has 0 heterocycles. The molecule has 158 valence electrons. The lowest BCUT2D eigenvalue weighted by atomic mass is 10.0. The maximum Gasteiger partial charge on any atom is 0.331 e. The molecule has 0 aromatic heterocycles. The van der Waals surface area contributed by atoms with Crippen molar-refractivity contribution in [2.45, 2.75) is 52.9 Å². The fraction of sp³-hybridized carbons (Fsp3) is 0.391. The van der Waals surface area contributed by atoms with Crippen LogP contribution in [0.5, 0.6) is 11.5 Å². The van der Waals surface area contributed by atoms with Crippen LogP contribution in [0, 0.1) is 0 Å². The van der Waals surface area contributed by atoms with Crippen molar-refractivity contribution in [1.29, 1.82) is 0 Å². The predicted molar refractivity (Wildman–Crippen MR) is 114 cm³/mol. The second-order valence-corrected chi connectivity index (χ2v) is 7.14. The summed E-state index contributed by atoms with van der Waals surface area (Å²) in [6.07, 6.45) is 8.70. The molecule has 0 spiro atoms. The van der Waals surface area contributed by atoms with Crippen molar-refractivity contribution in [3.63, 3.8) is 0 Å². The minimum absolute atomic E-state index is 0.0291. The molecule has 29 heavy (non-hydrogen) atoms. The van der Waals surface area contributed by atoms with Crippen molar-refractivity contribution in [2.24, 2.45) is 0 Å². The lowest BCUT2D eigenvalue weighted by molar-refractivity contribution is -0.132. The van der Waals surface area contributed by atoms with Gasteiger partial charge >= 0.3 is 5.97 Å². The van der Waals surface area contributed by atoms with Crippen molar-refractivity contribution < 1.29 is 24.9 Å². The monoisotopic (exact) mass is 401 g/mol. The number of carboxylic acids is 1. The summed E-state index contributed by atoms with van der Waals surface area (Å²) in [5.74, 6) is -0.966. The molecule has 1 aromatic carbocycles. The van der Waals surface area contributed by atoms with E-state index in [0.717, 1.165) is 18.4 Å². The third kappa shape index (κ3) is 10.2. The average molecular weight is 402 g/mol. The Kier molecular flexibility index (Phi) is 10.3. The van der Waals surface area contributed by atoms with E-state index in [4.69, 9.17) is 0 Å². The van der Waals surface area contributed by atoms with Gasteiger partial charge in [-0.25, -0.2) is 4.79 Å². The van der Waals surface area contributed by atoms with Crippen LogP contribution in [0.15, 0.2) is 53.1 Å². The summed E-state index contributed by atoms with van der Waals surface area (Å²) in [4.78, 5) is 22.4. The zero-order valence-corrected chi connectivity index (χ0v) is 17.4. The second-order valence-electron chi connectivity index (χ2n) is 7.14. The molecule has 0 unspecified atom stereocenters. The van der Waals surface area contributed by atoms with Crippen LogP contribution in [0.1, 0.15) is 52.0 Å². The Morgan fingerprint density at radius 1 is 0.966 bits per heavy atom. The molecule has 0 radical (unpaired) electrons. The highest BCUT2D eigenvalue weighted by Gasteiger charge is 2.08. The first-order valence-corrected chi connectivity index (χ1v) is 9.68. The fourth-order valence-electron chi connectivity index (χ4n) is 2.72. The molecule has 0 aliphatic heterocycles. The van der Waals surface area contributed by atoms with E-state index >= 15 is 0 Å². The van der Waals surface area contributed by atoms with Crippen LogP contribution >= 0.6 is 0 Å². The number of aromatic hydroxyl groups is 2. The fourth-order valence-corrected chi connectivity index (χ4v) is 2.72. The number of hydrogen-bond donors (Lipinski definition) is 4. The van der Waals surface area contributed by atoms with E-state index in [0.29, 0.717) is 24.9 Å². The molecule has 0 atom stereocenters. The van der Waals surface area contributed by atoms with Gasteiger partial charge in [-0.05, 0) is 64.2 Å². The van der Waals surface area contributed by atoms with Gasteiger partial charge in [-0.2, -0.15) is 0 Å². The standard InChI is InChI=1S/C23H31NO5/c1-16(6-4-8-17(2)15-24-18(3)25)7-5-9-19(23(28)29)10-11-20-14-21(26)12-13-22(20)27/h7-8,10,12-14,26-27H,4-6,9,11,15H2,1-3H3,(H,24,25)(H,28,29). The molecule has 1 amide bonds. The van der Waals surface area contributed by atoms with Gasteiger partial charge in [0.2, 0.25) is 5.91 Å². The van der Waals surface area contributed by atoms with Crippen molar-refractivity contribution in [3.05, 3.63) is 58.7 Å². The lowest BCUT2D eigenvalue weighted by Gasteiger charge is -2.05. The lowest BCUT2D eigenvalue weighted by Crippen LogP contribution is -2.21. The number of phenols is 2. The number of carboxylic acid groups (broad SMARTS) is 1. The number of phenolic OH excluding ortho intramolecular Hbond substituents is 2. The van der Waals surface area contributed by atoms with E-state index < -0.39 is 5.97 Å². The Morgan fingerprint density at radius 2 is 1.62 bits per heavy atom. The van der Waals surface area contributed by atoms with Gasteiger partial charge in [0.25, 0.3) is 0 Å². The van der Waals surface area contributed by atoms with Crippen LogP contribution in [0.2, 0.25) is 0 Å². The van der Waals surface area contributed by atoms with E-state index in [2.05, 4.69) is 11.4 Å². The van der Waals surface area contributed by atoms with Crippen LogP contribution < -0.4 is 5.32 Å². The Bertz CT molecular complexity index is 805. The molecule has 1 aromatic rings. The van der Waals surface area contributed by atoms with Crippen LogP contribution in [0.3, 0.4) is 0 Å². The number of aliphatic carboxylic acids is 1. The van der Waals surface area contributed by atoms with Crippen molar-refractivity contribution >= 4 is 11.9 Å². The summed E-state index contributed by atoms with van der Waals surface area (Å²) in [6, 6.07) is 4.19. The van der Waals surface area contributed by atoms with Crippen LogP contribution in [0.25, 0.3) is 0 Å². The average Bonchev–Trinajstić information content (AvgIpc) is 2.65. The van der Waals surface area contributed by atoms with Gasteiger partial charge in [0, 0.05) is 24.6 Å². The van der Waals surface area contributed by atoms with Crippen LogP contribution in [-0.4, -0.2) is 33.7 Å². The minimum Gasteiger partial charge on any atom is -0.508 e. The normalized spacial score (nSPS) is 12.7. The molecule has 1 rings (SSSR count). The first-order valence-electron chi connectivity index (χ1n) is 9.68. The zero-order valence-electron chi connectivity index (χ0n) is 17.4. The van der Waals surface area contributed by atoms with Gasteiger partial charge in [0.1, 0.15) is 11.5 Å². The molecular formula is C23H31NO5. The molecular weight excluding hydrogens is 370 g/mol. The topological polar surface area (TPSA) is 107 Å². The number of carbonyl (C=O) groups excluding carboxylic acids is 1. The van der Waals surface area contributed by atoms with E-state index in [9.17, 15) is 24.9 Å². The summed E-state index contributed by atoms with van der Waals surface area (Å²) in [5.41, 5.74) is 3.06. The first-order chi connectivity index (χ1) is 13.7. The maximum atomic E-state index is 11.5. The van der Waals surface area contributed by atoms with Crippen molar-refractivity contribution in [3.8, 4) is 11.5 Å². The van der Waals surface area contributed by atoms with E-state index in [1.165, 1.54) is 30.7 Å². The highest BCUT2D eigenvalue weighted by Crippen LogP contribution is 2.23. The molecule has 6 heteroatoms. The molecule has 0 fully saturated rings. The van der Waals surface area contributed by atoms with Gasteiger partial charge in [-0.15, -0.1) is 0 Å². The van der Waals surface area contributed by atoms with Crippen LogP contribution in [0.4, 0.5) is 0 Å². The summed E-state index contributed by atoms with van der Waals surface area (Å²) >= 11 is 0. The van der Waals surface area contributed by atoms with Gasteiger partial charge in [0.05, 0.1) is 0 Å². The molecule has 0 saturated carbocycles. The summed E-state index contributed by atoms with van der Waals surface area (Å²) < 4.78 is 0. The number of amides is 1. The number of rotatable bonds is 11. The zero-order chi connectivity index (χ0) is 21.8.